The van der Waals surface area contributed by atoms with E-state index in [1.165, 1.54) is 5.56 Å². The van der Waals surface area contributed by atoms with Crippen LogP contribution in [0.4, 0.5) is 0 Å². The van der Waals surface area contributed by atoms with Gasteiger partial charge >= 0.3 is 0 Å². The van der Waals surface area contributed by atoms with Gasteiger partial charge in [0.15, 0.2) is 9.84 Å². The average molecular weight is 503 g/mol. The predicted octanol–water partition coefficient (Wildman–Crippen LogP) is 3.32. The summed E-state index contributed by atoms with van der Waals surface area (Å²) in [6.45, 7) is 4.01. The number of hydrogen-bond acceptors (Lipinski definition) is 7. The van der Waals surface area contributed by atoms with Gasteiger partial charge in [-0.1, -0.05) is 36.4 Å². The van der Waals surface area contributed by atoms with Crippen molar-refractivity contribution in [2.24, 2.45) is 0 Å². The summed E-state index contributed by atoms with van der Waals surface area (Å²) in [6.07, 6.45) is 7.98. The van der Waals surface area contributed by atoms with Crippen LogP contribution in [0.25, 0.3) is 33.4 Å². The predicted molar refractivity (Wildman–Crippen MR) is 141 cm³/mol. The van der Waals surface area contributed by atoms with E-state index in [-0.39, 0.29) is 11.5 Å². The van der Waals surface area contributed by atoms with Gasteiger partial charge in [0.2, 0.25) is 0 Å². The van der Waals surface area contributed by atoms with Crippen molar-refractivity contribution in [2.45, 2.75) is 25.4 Å². The lowest BCUT2D eigenvalue weighted by Crippen LogP contribution is -2.39. The largest absolute Gasteiger partial charge is 0.317 e. The van der Waals surface area contributed by atoms with E-state index in [4.69, 9.17) is 9.97 Å². The maximum atomic E-state index is 11.7. The molecule has 4 aromatic rings. The minimum Gasteiger partial charge on any atom is -0.317 e. The smallest absolute Gasteiger partial charge is 0.152 e. The summed E-state index contributed by atoms with van der Waals surface area (Å²) in [7, 11) is -2.86. The molecule has 0 radical (unpaired) electrons. The van der Waals surface area contributed by atoms with Crippen LogP contribution in [0.1, 0.15) is 24.4 Å². The van der Waals surface area contributed by atoms with Crippen LogP contribution in [0.5, 0.6) is 0 Å². The first kappa shape index (κ1) is 23.3. The molecule has 0 aliphatic carbocycles. The molecule has 9 heteroatoms. The number of hydrogen-bond donors (Lipinski definition) is 1. The molecule has 6 rings (SSSR count). The van der Waals surface area contributed by atoms with Gasteiger partial charge in [0.05, 0.1) is 46.7 Å². The Morgan fingerprint density at radius 2 is 1.72 bits per heavy atom. The molecule has 2 aliphatic heterocycles. The molecule has 2 fully saturated rings. The molecule has 0 bridgehead atoms. The second-order valence-corrected chi connectivity index (χ2v) is 12.0. The number of aromatic nitrogens is 4. The van der Waals surface area contributed by atoms with Gasteiger partial charge in [-0.15, -0.1) is 0 Å². The number of nitrogens with zero attached hydrogens (tertiary/aromatic N) is 5. The second-order valence-electron chi connectivity index (χ2n) is 9.74. The highest BCUT2D eigenvalue weighted by molar-refractivity contribution is 7.91. The Morgan fingerprint density at radius 3 is 2.50 bits per heavy atom. The average Bonchev–Trinajstić information content (AvgIpc) is 3.41. The first-order chi connectivity index (χ1) is 17.5. The molecule has 1 N–H and O–H groups in total. The Labute approximate surface area is 211 Å². The lowest BCUT2D eigenvalue weighted by atomic mass is 10.0. The van der Waals surface area contributed by atoms with Crippen LogP contribution in [0.3, 0.4) is 0 Å². The van der Waals surface area contributed by atoms with Crippen LogP contribution in [-0.4, -0.2) is 70.8 Å². The number of para-hydroxylation sites is 1. The van der Waals surface area contributed by atoms with E-state index >= 15 is 0 Å². The summed E-state index contributed by atoms with van der Waals surface area (Å²) >= 11 is 0. The maximum absolute atomic E-state index is 11.7. The van der Waals surface area contributed by atoms with Crippen LogP contribution in [0.15, 0.2) is 61.1 Å². The molecule has 2 saturated heterocycles. The molecule has 0 amide bonds. The molecule has 36 heavy (non-hydrogen) atoms. The summed E-state index contributed by atoms with van der Waals surface area (Å²) in [5, 5.41) is 8.03. The summed E-state index contributed by atoms with van der Waals surface area (Å²) in [5.41, 5.74) is 6.85. The minimum atomic E-state index is -2.86. The van der Waals surface area contributed by atoms with Crippen molar-refractivity contribution < 1.29 is 8.42 Å². The zero-order chi connectivity index (χ0) is 24.5. The maximum Gasteiger partial charge on any atom is 0.152 e. The van der Waals surface area contributed by atoms with E-state index < -0.39 is 9.84 Å². The van der Waals surface area contributed by atoms with Crippen LogP contribution < -0.4 is 5.32 Å². The molecule has 2 aliphatic rings. The molecule has 0 atom stereocenters. The van der Waals surface area contributed by atoms with E-state index in [1.54, 1.807) is 0 Å². The zero-order valence-corrected chi connectivity index (χ0v) is 21.0. The number of benzene rings is 2. The molecule has 0 saturated carbocycles. The van der Waals surface area contributed by atoms with Gasteiger partial charge in [-0.05, 0) is 43.1 Å². The van der Waals surface area contributed by atoms with Crippen molar-refractivity contribution in [3.8, 4) is 22.4 Å². The van der Waals surface area contributed by atoms with Crippen LogP contribution in [0, 0.1) is 0 Å². The van der Waals surface area contributed by atoms with Crippen molar-refractivity contribution >= 4 is 20.9 Å². The Kier molecular flexibility index (Phi) is 6.29. The monoisotopic (exact) mass is 502 g/mol. The SMILES string of the molecule is O=S1(=O)CCN(Cc2ccc(-c3cccc4ncc(-c5cnn(C6CCNCC6)c5)nc34)cc2)CC1. The fraction of sp³-hybridized carbons (Fsp3) is 0.370. The first-order valence-electron chi connectivity index (χ1n) is 12.6. The highest BCUT2D eigenvalue weighted by atomic mass is 32.2. The molecule has 4 heterocycles. The van der Waals surface area contributed by atoms with Crippen molar-refractivity contribution in [3.05, 3.63) is 66.6 Å². The van der Waals surface area contributed by atoms with Gasteiger partial charge < -0.3 is 5.32 Å². The van der Waals surface area contributed by atoms with Crippen molar-refractivity contribution in [3.63, 3.8) is 0 Å². The number of fused-ring (bicyclic) bond motifs is 1. The molecular formula is C27H30N6O2S. The van der Waals surface area contributed by atoms with E-state index in [1.807, 2.05) is 24.5 Å². The van der Waals surface area contributed by atoms with Gasteiger partial charge in [-0.25, -0.2) is 13.4 Å². The Hall–Kier alpha value is -3.14. The van der Waals surface area contributed by atoms with Gasteiger partial charge in [0, 0.05) is 37.0 Å². The van der Waals surface area contributed by atoms with E-state index in [9.17, 15) is 8.42 Å². The molecule has 186 valence electrons. The van der Waals surface area contributed by atoms with Crippen LogP contribution in [0.2, 0.25) is 0 Å². The van der Waals surface area contributed by atoms with Crippen molar-refractivity contribution in [1.82, 2.24) is 30.0 Å². The molecule has 8 nitrogen and oxygen atoms in total. The van der Waals surface area contributed by atoms with E-state index in [2.05, 4.69) is 56.5 Å². The Morgan fingerprint density at radius 1 is 0.944 bits per heavy atom. The number of rotatable bonds is 5. The topological polar surface area (TPSA) is 93.0 Å². The molecule has 0 unspecified atom stereocenters. The fourth-order valence-corrected chi connectivity index (χ4v) is 6.38. The quantitative estimate of drug-likeness (QED) is 0.448. The molecular weight excluding hydrogens is 472 g/mol. The molecule has 2 aromatic heterocycles. The lowest BCUT2D eigenvalue weighted by Gasteiger charge is -2.26. The van der Waals surface area contributed by atoms with Gasteiger partial charge in [0.1, 0.15) is 0 Å². The normalized spacial score (nSPS) is 19.0. The van der Waals surface area contributed by atoms with Crippen LogP contribution >= 0.6 is 0 Å². The summed E-state index contributed by atoms with van der Waals surface area (Å²) in [4.78, 5) is 11.9. The second kappa shape index (κ2) is 9.72. The Balaban J connectivity index is 1.25. The third-order valence-electron chi connectivity index (χ3n) is 7.26. The summed E-state index contributed by atoms with van der Waals surface area (Å²) in [5.74, 6) is 0.498. The third-order valence-corrected chi connectivity index (χ3v) is 8.87. The van der Waals surface area contributed by atoms with Crippen molar-refractivity contribution in [2.75, 3.05) is 37.7 Å². The highest BCUT2D eigenvalue weighted by Crippen LogP contribution is 2.29. The van der Waals surface area contributed by atoms with Gasteiger partial charge in [-0.3, -0.25) is 14.6 Å². The minimum absolute atomic E-state index is 0.249. The van der Waals surface area contributed by atoms with E-state index in [0.717, 1.165) is 65.9 Å². The van der Waals surface area contributed by atoms with Gasteiger partial charge in [-0.2, -0.15) is 5.10 Å². The zero-order valence-electron chi connectivity index (χ0n) is 20.2. The lowest BCUT2D eigenvalue weighted by molar-refractivity contribution is 0.287. The Bertz CT molecular complexity index is 1460. The summed E-state index contributed by atoms with van der Waals surface area (Å²) < 4.78 is 25.5. The molecule has 0 spiro atoms. The number of nitrogens with one attached hydrogen (secondary N) is 1. The number of piperidine rings is 1. The third kappa shape index (κ3) is 4.91. The standard InChI is InChI=1S/C27H30N6O2S/c34-36(35)14-12-32(13-15-36)18-20-4-6-21(7-5-20)24-2-1-3-25-27(24)31-26(17-29-25)22-16-30-33(19-22)23-8-10-28-11-9-23/h1-7,16-17,19,23,28H,8-15,18H2. The molecule has 2 aromatic carbocycles. The van der Waals surface area contributed by atoms with Crippen molar-refractivity contribution in [1.29, 1.82) is 0 Å². The first-order valence-corrected chi connectivity index (χ1v) is 14.4. The number of sulfone groups is 1. The highest BCUT2D eigenvalue weighted by Gasteiger charge is 2.21. The fourth-order valence-electron chi connectivity index (χ4n) is 5.10. The van der Waals surface area contributed by atoms with Crippen LogP contribution in [-0.2, 0) is 16.4 Å². The van der Waals surface area contributed by atoms with Gasteiger partial charge in [0.25, 0.3) is 0 Å². The van der Waals surface area contributed by atoms with E-state index in [0.29, 0.717) is 19.1 Å². The summed E-state index contributed by atoms with van der Waals surface area (Å²) in [6, 6.07) is 15.0.